The Hall–Kier alpha value is -3.45. The summed E-state index contributed by atoms with van der Waals surface area (Å²) in [5.41, 5.74) is 6.01. The first kappa shape index (κ1) is 26.8. The SMILES string of the molecule is Cc1ccc(C(=O)N2CCC(c3ccc(-c4cnn(C)c4)cc3)CC2)cc1NC(=O)C1CN(C2CCC(C)C2)C1. The van der Waals surface area contributed by atoms with Crippen molar-refractivity contribution in [3.05, 3.63) is 71.5 Å². The molecule has 1 aromatic heterocycles. The molecule has 2 aromatic carbocycles. The highest BCUT2D eigenvalue weighted by Gasteiger charge is 2.39. The highest BCUT2D eigenvalue weighted by atomic mass is 16.2. The second-order valence-electron chi connectivity index (χ2n) is 12.3. The second kappa shape index (κ2) is 11.2. The predicted molar refractivity (Wildman–Crippen MR) is 158 cm³/mol. The molecule has 0 spiro atoms. The van der Waals surface area contributed by atoms with Crippen molar-refractivity contribution >= 4 is 17.5 Å². The third-order valence-electron chi connectivity index (χ3n) is 9.41. The molecule has 6 rings (SSSR count). The summed E-state index contributed by atoms with van der Waals surface area (Å²) >= 11 is 0. The van der Waals surface area contributed by atoms with E-state index in [9.17, 15) is 9.59 Å². The summed E-state index contributed by atoms with van der Waals surface area (Å²) in [6.45, 7) is 7.49. The number of carbonyl (C=O) groups excluding carboxylic acids is 2. The van der Waals surface area contributed by atoms with E-state index in [1.54, 1.807) is 0 Å². The zero-order chi connectivity index (χ0) is 27.8. The van der Waals surface area contributed by atoms with Gasteiger partial charge in [-0.3, -0.25) is 19.2 Å². The molecule has 2 saturated heterocycles. The number of anilines is 1. The molecule has 2 unspecified atom stereocenters. The Labute approximate surface area is 237 Å². The second-order valence-corrected chi connectivity index (χ2v) is 12.3. The molecule has 1 aliphatic carbocycles. The van der Waals surface area contributed by atoms with Gasteiger partial charge < -0.3 is 10.2 Å². The normalized spacial score (nSPS) is 22.3. The molecule has 3 aliphatic rings. The van der Waals surface area contributed by atoms with Crippen molar-refractivity contribution in [3.8, 4) is 11.1 Å². The molecular weight excluding hydrogens is 498 g/mol. The number of hydrogen-bond acceptors (Lipinski definition) is 4. The first-order chi connectivity index (χ1) is 19.3. The van der Waals surface area contributed by atoms with Crippen LogP contribution in [-0.4, -0.2) is 63.6 Å². The van der Waals surface area contributed by atoms with Gasteiger partial charge in [-0.15, -0.1) is 0 Å². The third kappa shape index (κ3) is 5.57. The van der Waals surface area contributed by atoms with E-state index in [1.165, 1.54) is 30.4 Å². The lowest BCUT2D eigenvalue weighted by atomic mass is 9.88. The summed E-state index contributed by atoms with van der Waals surface area (Å²) in [6.07, 6.45) is 9.63. The number of aromatic nitrogens is 2. The minimum Gasteiger partial charge on any atom is -0.339 e. The van der Waals surface area contributed by atoms with Crippen LogP contribution in [0, 0.1) is 18.8 Å². The number of carbonyl (C=O) groups is 2. The van der Waals surface area contributed by atoms with Crippen LogP contribution in [-0.2, 0) is 11.8 Å². The molecule has 1 N–H and O–H groups in total. The van der Waals surface area contributed by atoms with Gasteiger partial charge in [0, 0.05) is 62.3 Å². The fraction of sp³-hybridized carbons (Fsp3) is 0.485. The number of amides is 2. The first-order valence-corrected chi connectivity index (χ1v) is 14.9. The summed E-state index contributed by atoms with van der Waals surface area (Å²) in [5.74, 6) is 1.41. The maximum atomic E-state index is 13.4. The molecule has 3 fully saturated rings. The van der Waals surface area contributed by atoms with Crippen LogP contribution in [0.5, 0.6) is 0 Å². The van der Waals surface area contributed by atoms with Crippen LogP contribution in [0.1, 0.15) is 66.4 Å². The number of rotatable bonds is 6. The van der Waals surface area contributed by atoms with Gasteiger partial charge in [0.1, 0.15) is 0 Å². The summed E-state index contributed by atoms with van der Waals surface area (Å²) in [7, 11) is 1.93. The standard InChI is InChI=1S/C33H41N5O2/c1-22-4-11-30(16-22)38-20-29(21-38)32(39)35-31-17-27(6-5-23(31)2)33(40)37-14-12-26(13-15-37)24-7-9-25(10-8-24)28-18-34-36(3)19-28/h5-10,17-19,22,26,29-30H,4,11-16,20-21H2,1-3H3,(H,35,39). The van der Waals surface area contributed by atoms with Gasteiger partial charge in [-0.2, -0.15) is 5.10 Å². The lowest BCUT2D eigenvalue weighted by molar-refractivity contribution is -0.125. The van der Waals surface area contributed by atoms with Gasteiger partial charge in [0.05, 0.1) is 12.1 Å². The van der Waals surface area contributed by atoms with Crippen LogP contribution < -0.4 is 5.32 Å². The van der Waals surface area contributed by atoms with Crippen LogP contribution in [0.2, 0.25) is 0 Å². The van der Waals surface area contributed by atoms with Crippen molar-refractivity contribution in [2.45, 2.75) is 57.9 Å². The number of nitrogens with zero attached hydrogens (tertiary/aromatic N) is 4. The first-order valence-electron chi connectivity index (χ1n) is 14.9. The fourth-order valence-electron chi connectivity index (χ4n) is 6.73. The number of benzene rings is 2. The Balaban J connectivity index is 1.02. The average Bonchev–Trinajstić information content (AvgIpc) is 3.57. The monoisotopic (exact) mass is 539 g/mol. The quantitative estimate of drug-likeness (QED) is 0.451. The van der Waals surface area contributed by atoms with Crippen LogP contribution in [0.15, 0.2) is 54.9 Å². The Morgan fingerprint density at radius 2 is 1.70 bits per heavy atom. The number of hydrogen-bond donors (Lipinski definition) is 1. The third-order valence-corrected chi connectivity index (χ3v) is 9.41. The predicted octanol–water partition coefficient (Wildman–Crippen LogP) is 5.47. The van der Waals surface area contributed by atoms with E-state index in [0.29, 0.717) is 17.5 Å². The van der Waals surface area contributed by atoms with Gasteiger partial charge in [-0.1, -0.05) is 37.3 Å². The van der Waals surface area contributed by atoms with E-state index in [4.69, 9.17) is 0 Å². The number of likely N-dealkylation sites (tertiary alicyclic amines) is 2. The Morgan fingerprint density at radius 3 is 2.35 bits per heavy atom. The van der Waals surface area contributed by atoms with Crippen LogP contribution in [0.3, 0.4) is 0 Å². The van der Waals surface area contributed by atoms with Gasteiger partial charge in [0.2, 0.25) is 5.91 Å². The molecule has 3 aromatic rings. The number of piperidine rings is 1. The molecule has 7 heteroatoms. The highest BCUT2D eigenvalue weighted by Crippen LogP contribution is 2.34. The van der Waals surface area contributed by atoms with Crippen molar-refractivity contribution < 1.29 is 9.59 Å². The summed E-state index contributed by atoms with van der Waals surface area (Å²) in [6, 6.07) is 15.1. The van der Waals surface area contributed by atoms with Gasteiger partial charge in [-0.05, 0) is 79.7 Å². The van der Waals surface area contributed by atoms with Crippen molar-refractivity contribution in [2.24, 2.45) is 18.9 Å². The maximum Gasteiger partial charge on any atom is 0.253 e. The number of aryl methyl sites for hydroxylation is 2. The van der Waals surface area contributed by atoms with Gasteiger partial charge >= 0.3 is 0 Å². The molecule has 0 radical (unpaired) electrons. The molecule has 2 aliphatic heterocycles. The van der Waals surface area contributed by atoms with Crippen LogP contribution in [0.4, 0.5) is 5.69 Å². The van der Waals surface area contributed by atoms with Crippen molar-refractivity contribution in [3.63, 3.8) is 0 Å². The van der Waals surface area contributed by atoms with E-state index >= 15 is 0 Å². The summed E-state index contributed by atoms with van der Waals surface area (Å²) in [5, 5.41) is 7.40. The smallest absolute Gasteiger partial charge is 0.253 e. The minimum atomic E-state index is 0.0344. The summed E-state index contributed by atoms with van der Waals surface area (Å²) < 4.78 is 1.82. The lowest BCUT2D eigenvalue weighted by Crippen LogP contribution is -2.55. The van der Waals surface area contributed by atoms with Gasteiger partial charge in [0.25, 0.3) is 5.91 Å². The fourth-order valence-corrected chi connectivity index (χ4v) is 6.73. The molecule has 210 valence electrons. The topological polar surface area (TPSA) is 70.5 Å². The molecule has 0 bridgehead atoms. The minimum absolute atomic E-state index is 0.0344. The van der Waals surface area contributed by atoms with E-state index < -0.39 is 0 Å². The van der Waals surface area contributed by atoms with Crippen LogP contribution >= 0.6 is 0 Å². The molecule has 2 amide bonds. The van der Waals surface area contributed by atoms with Gasteiger partial charge in [-0.25, -0.2) is 0 Å². The van der Waals surface area contributed by atoms with E-state index in [-0.39, 0.29) is 17.7 Å². The van der Waals surface area contributed by atoms with Crippen molar-refractivity contribution in [1.29, 1.82) is 0 Å². The molecule has 1 saturated carbocycles. The Bertz CT molecular complexity index is 1370. The zero-order valence-electron chi connectivity index (χ0n) is 24.0. The van der Waals surface area contributed by atoms with E-state index in [0.717, 1.165) is 61.8 Å². The molecular formula is C33H41N5O2. The largest absolute Gasteiger partial charge is 0.339 e. The average molecular weight is 540 g/mol. The molecule has 2 atom stereocenters. The molecule has 7 nitrogen and oxygen atoms in total. The van der Waals surface area contributed by atoms with Gasteiger partial charge in [0.15, 0.2) is 0 Å². The van der Waals surface area contributed by atoms with E-state index in [1.807, 2.05) is 54.1 Å². The lowest BCUT2D eigenvalue weighted by Gasteiger charge is -2.42. The maximum absolute atomic E-state index is 13.4. The summed E-state index contributed by atoms with van der Waals surface area (Å²) in [4.78, 5) is 30.8. The highest BCUT2D eigenvalue weighted by molar-refractivity contribution is 5.98. The van der Waals surface area contributed by atoms with Crippen molar-refractivity contribution in [1.82, 2.24) is 19.6 Å². The number of nitrogens with one attached hydrogen (secondary N) is 1. The Kier molecular flexibility index (Phi) is 7.49. The zero-order valence-corrected chi connectivity index (χ0v) is 24.0. The van der Waals surface area contributed by atoms with Crippen molar-refractivity contribution in [2.75, 3.05) is 31.5 Å². The molecule has 40 heavy (non-hydrogen) atoms. The van der Waals surface area contributed by atoms with E-state index in [2.05, 4.69) is 46.5 Å². The van der Waals surface area contributed by atoms with Crippen LogP contribution in [0.25, 0.3) is 11.1 Å². The Morgan fingerprint density at radius 1 is 0.950 bits per heavy atom. The molecule has 3 heterocycles.